The second-order valence-electron chi connectivity index (χ2n) is 7.44. The third-order valence-corrected chi connectivity index (χ3v) is 4.96. The number of nitrogens with one attached hydrogen (secondary N) is 1. The minimum Gasteiger partial charge on any atom is -0.461 e. The Bertz CT molecular complexity index is 1120. The lowest BCUT2D eigenvalue weighted by Gasteiger charge is -2.13. The van der Waals surface area contributed by atoms with Crippen LogP contribution in [0.1, 0.15) is 22.3 Å². The highest BCUT2D eigenvalue weighted by molar-refractivity contribution is 5.81. The van der Waals surface area contributed by atoms with Gasteiger partial charge in [-0.3, -0.25) is 4.79 Å². The van der Waals surface area contributed by atoms with Gasteiger partial charge in [0.25, 0.3) is 0 Å². The first-order chi connectivity index (χ1) is 15.1. The Morgan fingerprint density at radius 1 is 1.00 bits per heavy atom. The Balaban J connectivity index is 1.51. The van der Waals surface area contributed by atoms with Gasteiger partial charge < -0.3 is 14.6 Å². The lowest BCUT2D eigenvalue weighted by atomic mass is 10.1. The van der Waals surface area contributed by atoms with Crippen LogP contribution in [0, 0.1) is 0 Å². The minimum absolute atomic E-state index is 0.125. The molecule has 0 radical (unpaired) electrons. The Hall–Kier alpha value is -3.87. The molecule has 0 saturated heterocycles. The van der Waals surface area contributed by atoms with Crippen molar-refractivity contribution in [2.75, 3.05) is 24.3 Å². The highest BCUT2D eigenvalue weighted by atomic mass is 16.3. The molecule has 0 spiro atoms. The minimum atomic E-state index is -0.125. The van der Waals surface area contributed by atoms with Crippen molar-refractivity contribution < 1.29 is 9.21 Å². The third kappa shape index (κ3) is 5.01. The highest BCUT2D eigenvalue weighted by Crippen LogP contribution is 2.20. The molecule has 2 heterocycles. The number of hydrogen-bond donors (Lipinski definition) is 1. The van der Waals surface area contributed by atoms with E-state index in [2.05, 4.69) is 32.4 Å². The van der Waals surface area contributed by atoms with E-state index in [1.807, 2.05) is 56.6 Å². The topological polar surface area (TPSA) is 76.2 Å². The Morgan fingerprint density at radius 2 is 1.77 bits per heavy atom. The summed E-state index contributed by atoms with van der Waals surface area (Å²) in [4.78, 5) is 19.5. The van der Waals surface area contributed by atoms with Crippen LogP contribution >= 0.6 is 0 Å². The van der Waals surface area contributed by atoms with Crippen molar-refractivity contribution in [3.05, 3.63) is 84.1 Å². The van der Waals surface area contributed by atoms with Crippen LogP contribution in [0.2, 0.25) is 0 Å². The van der Waals surface area contributed by atoms with Crippen molar-refractivity contribution >= 4 is 17.5 Å². The van der Waals surface area contributed by atoms with E-state index in [0.717, 1.165) is 16.8 Å². The lowest BCUT2D eigenvalue weighted by Crippen LogP contribution is -2.17. The molecule has 7 heteroatoms. The molecule has 0 bridgehead atoms. The van der Waals surface area contributed by atoms with Gasteiger partial charge in [-0.25, -0.2) is 0 Å². The molecular weight excluding hydrogens is 390 g/mol. The van der Waals surface area contributed by atoms with Crippen molar-refractivity contribution in [2.45, 2.75) is 19.4 Å². The maximum Gasteiger partial charge on any atom is 0.250 e. The van der Waals surface area contributed by atoms with Crippen molar-refractivity contribution in [1.82, 2.24) is 14.8 Å². The standard InChI is InChI=1S/C24H25N5O2/c1-28(2)20-13-10-19(11-14-20)17-25-24-26-23(21-9-6-16-31-21)27-29(24)22(30)15-12-18-7-4-3-5-8-18/h3-11,13-14,16H,12,15,17H2,1-2H3,(H,25,26,27). The molecule has 0 aliphatic carbocycles. The van der Waals surface area contributed by atoms with Gasteiger partial charge in [-0.1, -0.05) is 42.5 Å². The number of nitrogens with zero attached hydrogens (tertiary/aromatic N) is 4. The lowest BCUT2D eigenvalue weighted by molar-refractivity contribution is 0.0890. The fraction of sp³-hybridized carbons (Fsp3) is 0.208. The normalized spacial score (nSPS) is 10.8. The SMILES string of the molecule is CN(C)c1ccc(CNc2nc(-c3ccco3)nn2C(=O)CCc2ccccc2)cc1. The van der Waals surface area contributed by atoms with Gasteiger partial charge in [-0.2, -0.15) is 9.67 Å². The fourth-order valence-electron chi connectivity index (χ4n) is 3.21. The first-order valence-corrected chi connectivity index (χ1v) is 10.2. The zero-order valence-electron chi connectivity index (χ0n) is 17.7. The summed E-state index contributed by atoms with van der Waals surface area (Å²) in [5.41, 5.74) is 3.32. The zero-order chi connectivity index (χ0) is 21.6. The van der Waals surface area contributed by atoms with Crippen molar-refractivity contribution in [1.29, 1.82) is 0 Å². The molecular formula is C24H25N5O2. The third-order valence-electron chi connectivity index (χ3n) is 4.96. The van der Waals surface area contributed by atoms with Crippen LogP contribution in [0.3, 0.4) is 0 Å². The summed E-state index contributed by atoms with van der Waals surface area (Å²) in [7, 11) is 4.01. The van der Waals surface area contributed by atoms with Gasteiger partial charge in [0.2, 0.25) is 17.7 Å². The molecule has 0 aliphatic rings. The molecule has 2 aromatic carbocycles. The molecule has 1 N–H and O–H groups in total. The van der Waals surface area contributed by atoms with E-state index >= 15 is 0 Å². The monoisotopic (exact) mass is 415 g/mol. The average molecular weight is 415 g/mol. The van der Waals surface area contributed by atoms with Crippen LogP contribution in [0.25, 0.3) is 11.6 Å². The maximum atomic E-state index is 12.9. The molecule has 0 aliphatic heterocycles. The highest BCUT2D eigenvalue weighted by Gasteiger charge is 2.18. The molecule has 158 valence electrons. The summed E-state index contributed by atoms with van der Waals surface area (Å²) in [5.74, 6) is 1.18. The van der Waals surface area contributed by atoms with E-state index in [4.69, 9.17) is 4.42 Å². The molecule has 7 nitrogen and oxygen atoms in total. The summed E-state index contributed by atoms with van der Waals surface area (Å²) in [6.07, 6.45) is 2.53. The summed E-state index contributed by atoms with van der Waals surface area (Å²) in [6, 6.07) is 21.7. The second kappa shape index (κ2) is 9.30. The van der Waals surface area contributed by atoms with Crippen LogP contribution in [0.5, 0.6) is 0 Å². The van der Waals surface area contributed by atoms with Crippen molar-refractivity contribution in [2.24, 2.45) is 0 Å². The van der Waals surface area contributed by atoms with Gasteiger partial charge in [-0.05, 0) is 41.8 Å². The van der Waals surface area contributed by atoms with Gasteiger partial charge in [0.15, 0.2) is 5.76 Å². The van der Waals surface area contributed by atoms with Crippen LogP contribution in [0.4, 0.5) is 11.6 Å². The molecule has 0 fully saturated rings. The molecule has 0 atom stereocenters. The number of rotatable bonds is 8. The quantitative estimate of drug-likeness (QED) is 0.457. The summed E-state index contributed by atoms with van der Waals surface area (Å²) in [6.45, 7) is 0.524. The van der Waals surface area contributed by atoms with Gasteiger partial charge >= 0.3 is 0 Å². The van der Waals surface area contributed by atoms with Crippen LogP contribution in [-0.4, -0.2) is 34.8 Å². The number of benzene rings is 2. The average Bonchev–Trinajstić information content (AvgIpc) is 3.47. The Labute approximate surface area is 181 Å². The van der Waals surface area contributed by atoms with E-state index in [-0.39, 0.29) is 5.91 Å². The van der Waals surface area contributed by atoms with Gasteiger partial charge in [0.1, 0.15) is 0 Å². The number of carbonyl (C=O) groups is 1. The predicted molar refractivity (Wildman–Crippen MR) is 121 cm³/mol. The number of hydrogen-bond acceptors (Lipinski definition) is 6. The molecule has 0 saturated carbocycles. The largest absolute Gasteiger partial charge is 0.461 e. The maximum absolute atomic E-state index is 12.9. The first kappa shape index (κ1) is 20.4. The fourth-order valence-corrected chi connectivity index (χ4v) is 3.21. The number of aromatic nitrogens is 3. The van der Waals surface area contributed by atoms with Crippen LogP contribution in [-0.2, 0) is 13.0 Å². The zero-order valence-corrected chi connectivity index (χ0v) is 17.7. The summed E-state index contributed by atoms with van der Waals surface area (Å²) >= 11 is 0. The van der Waals surface area contributed by atoms with Gasteiger partial charge in [0.05, 0.1) is 6.26 Å². The van der Waals surface area contributed by atoms with Crippen molar-refractivity contribution in [3.63, 3.8) is 0 Å². The number of furan rings is 1. The summed E-state index contributed by atoms with van der Waals surface area (Å²) < 4.78 is 6.76. The van der Waals surface area contributed by atoms with Gasteiger partial charge in [-0.15, -0.1) is 5.10 Å². The van der Waals surface area contributed by atoms with Crippen LogP contribution in [0.15, 0.2) is 77.4 Å². The smallest absolute Gasteiger partial charge is 0.250 e. The number of aryl methyl sites for hydroxylation is 1. The molecule has 0 unspecified atom stereocenters. The van der Waals surface area contributed by atoms with E-state index < -0.39 is 0 Å². The van der Waals surface area contributed by atoms with E-state index in [1.165, 1.54) is 4.68 Å². The van der Waals surface area contributed by atoms with E-state index in [1.54, 1.807) is 18.4 Å². The van der Waals surface area contributed by atoms with Crippen LogP contribution < -0.4 is 10.2 Å². The summed E-state index contributed by atoms with van der Waals surface area (Å²) in [5, 5.41) is 7.66. The van der Waals surface area contributed by atoms with Gasteiger partial charge in [0, 0.05) is 32.7 Å². The Kier molecular flexibility index (Phi) is 6.12. The number of anilines is 2. The molecule has 0 amide bonds. The van der Waals surface area contributed by atoms with E-state index in [0.29, 0.717) is 36.9 Å². The Morgan fingerprint density at radius 3 is 2.45 bits per heavy atom. The molecule has 31 heavy (non-hydrogen) atoms. The van der Waals surface area contributed by atoms with Crippen molar-refractivity contribution in [3.8, 4) is 11.6 Å². The second-order valence-corrected chi connectivity index (χ2v) is 7.44. The van der Waals surface area contributed by atoms with E-state index in [9.17, 15) is 4.79 Å². The first-order valence-electron chi connectivity index (χ1n) is 10.2. The molecule has 4 aromatic rings. The molecule has 2 aromatic heterocycles. The number of carbonyl (C=O) groups excluding carboxylic acids is 1. The predicted octanol–water partition coefficient (Wildman–Crippen LogP) is 4.49. The molecule has 4 rings (SSSR count).